The second kappa shape index (κ2) is 28.6. The van der Waals surface area contributed by atoms with Crippen molar-refractivity contribution in [1.29, 1.82) is 5.26 Å². The number of carbonyl (C=O) groups excluding carboxylic acids is 2. The lowest BCUT2D eigenvalue weighted by atomic mass is 10.1. The molecule has 4 unspecified atom stereocenters. The first kappa shape index (κ1) is 57.5. The summed E-state index contributed by atoms with van der Waals surface area (Å²) in [6.45, 7) is -1.06. The smallest absolute Gasteiger partial charge is 0.406 e. The van der Waals surface area contributed by atoms with Crippen LogP contribution in [0.5, 0.6) is 0 Å². The van der Waals surface area contributed by atoms with Gasteiger partial charge in [-0.05, 0) is 43.1 Å². The van der Waals surface area contributed by atoms with Gasteiger partial charge in [-0.2, -0.15) is 15.2 Å². The van der Waals surface area contributed by atoms with Crippen LogP contribution < -0.4 is 49.8 Å². The van der Waals surface area contributed by atoms with Gasteiger partial charge in [0.1, 0.15) is 36.9 Å². The number of anilines is 2. The van der Waals surface area contributed by atoms with Gasteiger partial charge in [0.05, 0.1) is 46.5 Å². The average Bonchev–Trinajstić information content (AvgIpc) is 4.01. The molecule has 29 heteroatoms. The van der Waals surface area contributed by atoms with Gasteiger partial charge in [-0.1, -0.05) is 60.7 Å². The molecule has 6 rings (SSSR count). The third-order valence-electron chi connectivity index (χ3n) is 9.19. The molecule has 378 valence electrons. The highest BCUT2D eigenvalue weighted by Crippen LogP contribution is 2.45. The maximum absolute atomic E-state index is 13.4. The summed E-state index contributed by atoms with van der Waals surface area (Å²) in [5, 5.41) is 13.6. The summed E-state index contributed by atoms with van der Waals surface area (Å²) in [5.41, 5.74) is 15.7. The monoisotopic (exact) mass is 1010 g/mol. The average molecular weight is 1010 g/mol. The van der Waals surface area contributed by atoms with Gasteiger partial charge in [0.15, 0.2) is 25.0 Å². The number of hydrogen-bond acceptors (Lipinski definition) is 22. The van der Waals surface area contributed by atoms with Crippen LogP contribution in [0, 0.1) is 11.3 Å². The number of rotatable bonds is 21. The number of hydrogen-bond donors (Lipinski definition) is 6. The summed E-state index contributed by atoms with van der Waals surface area (Å²) in [6, 6.07) is 20.4. The molecule has 69 heavy (non-hydrogen) atoms. The molecule has 0 saturated carbocycles. The molecular formula is C40H57N11O16P2. The summed E-state index contributed by atoms with van der Waals surface area (Å²) < 4.78 is 75.4. The number of nitrogen functional groups attached to an aromatic ring is 2. The Kier molecular flexibility index (Phi) is 23.9. The predicted octanol–water partition coefficient (Wildman–Crippen LogP) is 0.633. The fourth-order valence-electron chi connectivity index (χ4n) is 6.05. The van der Waals surface area contributed by atoms with Gasteiger partial charge >= 0.3 is 31.1 Å². The number of nitrogens with two attached hydrogens (primary N) is 3. The van der Waals surface area contributed by atoms with Crippen molar-refractivity contribution in [2.75, 3.05) is 65.8 Å². The number of carbonyl (C=O) groups is 2. The highest BCUT2D eigenvalue weighted by molar-refractivity contribution is 7.51. The van der Waals surface area contributed by atoms with E-state index in [1.54, 1.807) is 54.6 Å². The largest absolute Gasteiger partial charge is 0.766 e. The summed E-state index contributed by atoms with van der Waals surface area (Å²) in [7, 11) is -4.93. The summed E-state index contributed by atoms with van der Waals surface area (Å²) in [6.07, 6.45) is -0.665. The second-order valence-corrected chi connectivity index (χ2v) is 17.2. The minimum Gasteiger partial charge on any atom is -0.766 e. The summed E-state index contributed by atoms with van der Waals surface area (Å²) in [4.78, 5) is 67.9. The molecule has 0 aliphatic carbocycles. The molecule has 2 fully saturated rings. The number of benzene rings is 2. The zero-order valence-electron chi connectivity index (χ0n) is 38.1. The Hall–Kier alpha value is -5.79. The fraction of sp³-hybridized carbons (Fsp3) is 0.425. The molecule has 4 aromatic rings. The van der Waals surface area contributed by atoms with E-state index in [4.69, 9.17) is 54.0 Å². The third-order valence-corrected chi connectivity index (χ3v) is 11.9. The van der Waals surface area contributed by atoms with Gasteiger partial charge in [-0.25, -0.2) is 24.3 Å². The molecule has 4 heterocycles. The van der Waals surface area contributed by atoms with E-state index >= 15 is 0 Å². The first-order chi connectivity index (χ1) is 32.6. The van der Waals surface area contributed by atoms with Crippen molar-refractivity contribution in [1.82, 2.24) is 35.4 Å². The lowest BCUT2D eigenvalue weighted by Crippen LogP contribution is -2.41. The Bertz CT molecular complexity index is 2490. The Morgan fingerprint density at radius 1 is 0.768 bits per heavy atom. The van der Waals surface area contributed by atoms with Gasteiger partial charge < -0.3 is 61.2 Å². The van der Waals surface area contributed by atoms with Crippen LogP contribution in [0.25, 0.3) is 0 Å². The number of nitriles is 1. The number of ether oxygens (including phenoxy) is 6. The zero-order valence-corrected chi connectivity index (χ0v) is 39.9. The van der Waals surface area contributed by atoms with Gasteiger partial charge in [0.2, 0.25) is 7.75 Å². The minimum atomic E-state index is -4.67. The Labute approximate surface area is 395 Å². The van der Waals surface area contributed by atoms with Crippen LogP contribution in [0.2, 0.25) is 0 Å². The van der Waals surface area contributed by atoms with Gasteiger partial charge in [-0.3, -0.25) is 32.3 Å². The normalized spacial score (nSPS) is 19.8. The van der Waals surface area contributed by atoms with Crippen LogP contribution >= 0.6 is 15.5 Å². The van der Waals surface area contributed by atoms with Crippen molar-refractivity contribution in [3.05, 3.63) is 117 Å². The highest BCUT2D eigenvalue weighted by atomic mass is 31.2. The van der Waals surface area contributed by atoms with Crippen molar-refractivity contribution in [3.8, 4) is 6.07 Å². The van der Waals surface area contributed by atoms with E-state index in [1.165, 1.54) is 47.8 Å². The summed E-state index contributed by atoms with van der Waals surface area (Å²) in [5.74, 6) is -1.30. The van der Waals surface area contributed by atoms with Gasteiger partial charge in [0, 0.05) is 12.4 Å². The molecule has 2 aromatic heterocycles. The molecule has 2 aromatic carbocycles. The highest BCUT2D eigenvalue weighted by Gasteiger charge is 2.37. The molecule has 12 N–H and O–H groups in total. The van der Waals surface area contributed by atoms with Crippen molar-refractivity contribution < 1.29 is 65.6 Å². The predicted molar refractivity (Wildman–Crippen MR) is 243 cm³/mol. The minimum absolute atomic E-state index is 0. The molecular weight excluding hydrogens is 952 g/mol. The molecule has 8 atom stereocenters. The van der Waals surface area contributed by atoms with E-state index in [1.807, 2.05) is 12.1 Å². The van der Waals surface area contributed by atoms with E-state index < -0.39 is 82.5 Å². The number of aromatic nitrogens is 4. The molecule has 0 radical (unpaired) electrons. The van der Waals surface area contributed by atoms with Gasteiger partial charge in [0.25, 0.3) is 0 Å². The maximum atomic E-state index is 13.4. The van der Waals surface area contributed by atoms with Crippen LogP contribution in [0.1, 0.15) is 30.0 Å². The number of methoxy groups -OCH3 is 2. The quantitative estimate of drug-likeness (QED) is 0.0379. The van der Waals surface area contributed by atoms with Crippen molar-refractivity contribution >= 4 is 39.1 Å². The maximum Gasteiger partial charge on any atom is 0.406 e. The van der Waals surface area contributed by atoms with Crippen molar-refractivity contribution in [2.24, 2.45) is 5.73 Å². The zero-order chi connectivity index (χ0) is 49.7. The number of esters is 2. The van der Waals surface area contributed by atoms with Crippen molar-refractivity contribution in [3.63, 3.8) is 0 Å². The lowest BCUT2D eigenvalue weighted by molar-refractivity contribution is -0.210. The first-order valence-electron chi connectivity index (χ1n) is 20.4. The summed E-state index contributed by atoms with van der Waals surface area (Å²) >= 11 is 0. The van der Waals surface area contributed by atoms with E-state index in [-0.39, 0.29) is 63.5 Å². The number of nitrogens with zero attached hydrogens (tertiary/aromatic N) is 5. The van der Waals surface area contributed by atoms with Crippen LogP contribution in [-0.4, -0.2) is 110 Å². The molecule has 2 aliphatic rings. The Morgan fingerprint density at radius 2 is 1.20 bits per heavy atom. The second-order valence-electron chi connectivity index (χ2n) is 13.9. The first-order valence-corrected chi connectivity index (χ1v) is 23.5. The van der Waals surface area contributed by atoms with Gasteiger partial charge in [-0.15, -0.1) is 0 Å². The van der Waals surface area contributed by atoms with Crippen LogP contribution in [0.3, 0.4) is 0 Å². The van der Waals surface area contributed by atoms with Crippen molar-refractivity contribution in [2.45, 2.75) is 56.4 Å². The Balaban J connectivity index is 0.000000350. The van der Waals surface area contributed by atoms with Crippen LogP contribution in [0.15, 0.2) is 94.8 Å². The lowest BCUT2D eigenvalue weighted by Gasteiger charge is -2.29. The molecule has 2 aliphatic heterocycles. The third kappa shape index (κ3) is 18.6. The van der Waals surface area contributed by atoms with E-state index in [0.29, 0.717) is 0 Å². The van der Waals surface area contributed by atoms with E-state index in [9.17, 15) is 33.2 Å². The van der Waals surface area contributed by atoms with E-state index in [2.05, 4.69) is 30.6 Å². The number of nitrogens with one attached hydrogen (secondary N) is 2. The van der Waals surface area contributed by atoms with Crippen LogP contribution in [0.4, 0.5) is 11.6 Å². The molecule has 0 amide bonds. The topological polar surface area (TPSA) is 407 Å². The standard InChI is InChI=1S/C21H26N5O8P.C18H23N4O8P.CH5N.H3N/c1-30-20(27)16(12-15-6-3-2-4-7-15)25-35(29,32-11-5-9-22)33-14-19-31-13-18(34-19)26-10-8-17(23)24-21(26)28;1-27-17(23)13(9-12-5-3-2-4-6-12)21-31(25,26)29-11-16-28-10-15(30-16)22-8-7-14(19)20-18(22)24;1-2;/h2-4,6-8,10,16,18-19H,5,11-14H2,1H3,(H,25,29)(H2,23,24,28);2-8,13,15-16H,9-11H2,1H3,(H2,19,20,24)(H2,21,25,26);2H2,1H3;1H3/t16-,18-,19?,35?;13-,15-,16?;;/m00../s1. The van der Waals surface area contributed by atoms with E-state index in [0.717, 1.165) is 18.2 Å². The molecule has 0 bridgehead atoms. The Morgan fingerprint density at radius 3 is 1.62 bits per heavy atom. The number of quaternary nitrogens is 1. The van der Waals surface area contributed by atoms with Crippen LogP contribution in [-0.2, 0) is 73.6 Å². The molecule has 0 spiro atoms. The molecule has 27 nitrogen and oxygen atoms in total. The SMILES string of the molecule is CN.COC(=O)[C@H](Cc1ccccc1)NP(=O)(OCCC#N)OCC1OC[C@@H](n2ccc(N)nc2=O)O1.COC(=O)[C@H](Cc1ccccc1)NP(=O)([O-])OCC1OC[C@@H](n2ccc(N)nc2=O)O1.[NH4+]. The fourth-order valence-corrected chi connectivity index (χ4v) is 8.47. The molecule has 2 saturated heterocycles.